The normalized spacial score (nSPS) is 10.8. The van der Waals surface area contributed by atoms with Crippen molar-refractivity contribution in [3.8, 4) is 0 Å². The maximum Gasteiger partial charge on any atom is 0.255 e. The van der Waals surface area contributed by atoms with Crippen LogP contribution in [0.25, 0.3) is 11.0 Å². The highest BCUT2D eigenvalue weighted by atomic mass is 79.9. The number of aromatic nitrogens is 2. The van der Waals surface area contributed by atoms with Crippen LogP contribution in [0.5, 0.6) is 0 Å². The van der Waals surface area contributed by atoms with Crippen LogP contribution < -0.4 is 5.32 Å². The predicted molar refractivity (Wildman–Crippen MR) is 89.5 cm³/mol. The molecule has 3 rings (SSSR count). The van der Waals surface area contributed by atoms with Gasteiger partial charge in [0.25, 0.3) is 5.91 Å². The molecule has 8 heteroatoms. The molecule has 1 heterocycles. The number of hydrogen-bond donors (Lipinski definition) is 1. The van der Waals surface area contributed by atoms with Crippen LogP contribution in [0, 0.1) is 0 Å². The zero-order chi connectivity index (χ0) is 15.0. The molecule has 0 unspecified atom stereocenters. The maximum atomic E-state index is 12.3. The van der Waals surface area contributed by atoms with Crippen molar-refractivity contribution in [3.63, 3.8) is 0 Å². The number of nitrogens with one attached hydrogen (secondary N) is 1. The molecule has 0 bridgehead atoms. The van der Waals surface area contributed by atoms with Crippen LogP contribution in [0.2, 0.25) is 10.0 Å². The minimum atomic E-state index is -0.297. The second-order valence-corrected chi connectivity index (χ2v) is 6.33. The summed E-state index contributed by atoms with van der Waals surface area (Å²) < 4.78 is 8.93. The third kappa shape index (κ3) is 2.89. The van der Waals surface area contributed by atoms with Gasteiger partial charge in [-0.3, -0.25) is 4.79 Å². The molecule has 0 aliphatic rings. The number of fused-ring (bicyclic) bond motifs is 1. The Morgan fingerprint density at radius 1 is 1.14 bits per heavy atom. The summed E-state index contributed by atoms with van der Waals surface area (Å²) in [6.07, 6.45) is 0. The molecule has 21 heavy (non-hydrogen) atoms. The van der Waals surface area contributed by atoms with E-state index in [1.165, 1.54) is 0 Å². The first-order valence-corrected chi connectivity index (χ1v) is 8.01. The summed E-state index contributed by atoms with van der Waals surface area (Å²) in [5.74, 6) is -0.297. The number of nitrogens with zero attached hydrogens (tertiary/aromatic N) is 2. The van der Waals surface area contributed by atoms with E-state index in [1.54, 1.807) is 30.3 Å². The van der Waals surface area contributed by atoms with E-state index in [4.69, 9.17) is 23.2 Å². The molecular weight excluding hydrogens is 397 g/mol. The zero-order valence-electron chi connectivity index (χ0n) is 10.2. The van der Waals surface area contributed by atoms with Crippen LogP contribution in [0.4, 0.5) is 5.69 Å². The van der Waals surface area contributed by atoms with Crippen LogP contribution in [0.3, 0.4) is 0 Å². The highest BCUT2D eigenvalue weighted by Crippen LogP contribution is 2.31. The van der Waals surface area contributed by atoms with Crippen molar-refractivity contribution in [2.24, 2.45) is 0 Å². The van der Waals surface area contributed by atoms with Crippen LogP contribution >= 0.6 is 50.9 Å². The van der Waals surface area contributed by atoms with E-state index < -0.39 is 0 Å². The Bertz CT molecular complexity index is 853. The lowest BCUT2D eigenvalue weighted by Gasteiger charge is -2.08. The monoisotopic (exact) mass is 401 g/mol. The van der Waals surface area contributed by atoms with Crippen LogP contribution in [-0.4, -0.2) is 14.7 Å². The SMILES string of the molecule is O=C(Nc1c(Cl)ccc2nsnc12)c1ccc(Cl)c(Br)c1. The van der Waals surface area contributed by atoms with Crippen LogP contribution in [0.15, 0.2) is 34.8 Å². The Balaban J connectivity index is 1.98. The molecule has 0 saturated heterocycles. The number of anilines is 1. The predicted octanol–water partition coefficient (Wildman–Crippen LogP) is 5.01. The first kappa shape index (κ1) is 14.7. The number of rotatable bonds is 2. The second-order valence-electron chi connectivity index (χ2n) is 4.14. The molecule has 0 atom stereocenters. The molecular formula is C13H6BrCl2N3OS. The minimum Gasteiger partial charge on any atom is -0.319 e. The Labute approximate surface area is 142 Å². The van der Waals surface area contributed by atoms with Crippen molar-refractivity contribution in [3.05, 3.63) is 50.4 Å². The van der Waals surface area contributed by atoms with Gasteiger partial charge in [0.1, 0.15) is 11.0 Å². The number of hydrogen-bond acceptors (Lipinski definition) is 4. The van der Waals surface area contributed by atoms with Gasteiger partial charge in [0.05, 0.1) is 27.5 Å². The Kier molecular flexibility index (Phi) is 4.12. The van der Waals surface area contributed by atoms with E-state index in [-0.39, 0.29) is 5.91 Å². The number of carbonyl (C=O) groups excluding carboxylic acids is 1. The highest BCUT2D eigenvalue weighted by Gasteiger charge is 2.14. The van der Waals surface area contributed by atoms with Crippen molar-refractivity contribution in [1.29, 1.82) is 0 Å². The van der Waals surface area contributed by atoms with Gasteiger partial charge < -0.3 is 5.32 Å². The smallest absolute Gasteiger partial charge is 0.255 e. The molecule has 4 nitrogen and oxygen atoms in total. The summed E-state index contributed by atoms with van der Waals surface area (Å²) in [7, 11) is 0. The van der Waals surface area contributed by atoms with Gasteiger partial charge in [-0.25, -0.2) is 0 Å². The summed E-state index contributed by atoms with van der Waals surface area (Å²) in [4.78, 5) is 12.3. The van der Waals surface area contributed by atoms with Crippen molar-refractivity contribution in [2.75, 3.05) is 5.32 Å². The average Bonchev–Trinajstić information content (AvgIpc) is 2.93. The van der Waals surface area contributed by atoms with Gasteiger partial charge in [-0.15, -0.1) is 0 Å². The molecule has 0 spiro atoms. The molecule has 106 valence electrons. The maximum absolute atomic E-state index is 12.3. The summed E-state index contributed by atoms with van der Waals surface area (Å²) in [6, 6.07) is 8.36. The molecule has 0 radical (unpaired) electrons. The van der Waals surface area contributed by atoms with Crippen molar-refractivity contribution in [2.45, 2.75) is 0 Å². The Morgan fingerprint density at radius 3 is 2.67 bits per heavy atom. The highest BCUT2D eigenvalue weighted by molar-refractivity contribution is 9.10. The molecule has 0 aliphatic heterocycles. The Hall–Kier alpha value is -1.21. The fourth-order valence-corrected chi connectivity index (χ4v) is 3.01. The van der Waals surface area contributed by atoms with Crippen LogP contribution in [0.1, 0.15) is 10.4 Å². The molecule has 1 aromatic heterocycles. The average molecular weight is 403 g/mol. The number of amides is 1. The molecule has 3 aromatic rings. The topological polar surface area (TPSA) is 54.9 Å². The van der Waals surface area contributed by atoms with Gasteiger partial charge in [-0.2, -0.15) is 8.75 Å². The summed E-state index contributed by atoms with van der Waals surface area (Å²) >= 11 is 16.4. The van der Waals surface area contributed by atoms with E-state index in [2.05, 4.69) is 30.0 Å². The van der Waals surface area contributed by atoms with Crippen molar-refractivity contribution in [1.82, 2.24) is 8.75 Å². The van der Waals surface area contributed by atoms with Gasteiger partial charge in [0.2, 0.25) is 0 Å². The molecule has 2 aromatic carbocycles. The van der Waals surface area contributed by atoms with Gasteiger partial charge >= 0.3 is 0 Å². The molecule has 0 aliphatic carbocycles. The standard InChI is InChI=1S/C13H6BrCl2N3OS/c14-7-5-6(1-2-8(7)15)13(20)17-11-9(16)3-4-10-12(11)19-21-18-10/h1-5H,(H,17,20). The van der Waals surface area contributed by atoms with E-state index in [0.717, 1.165) is 11.7 Å². The van der Waals surface area contributed by atoms with E-state index in [9.17, 15) is 4.79 Å². The molecule has 0 saturated carbocycles. The van der Waals surface area contributed by atoms with Gasteiger partial charge in [0.15, 0.2) is 0 Å². The third-order valence-corrected chi connectivity index (χ3v) is 4.87. The fraction of sp³-hybridized carbons (Fsp3) is 0. The first-order chi connectivity index (χ1) is 10.1. The largest absolute Gasteiger partial charge is 0.319 e. The summed E-state index contributed by atoms with van der Waals surface area (Å²) in [5.41, 5.74) is 2.19. The number of benzene rings is 2. The fourth-order valence-electron chi connectivity index (χ4n) is 1.77. The van der Waals surface area contributed by atoms with Crippen molar-refractivity contribution < 1.29 is 4.79 Å². The molecule has 0 fully saturated rings. The third-order valence-electron chi connectivity index (χ3n) is 2.80. The molecule has 1 N–H and O–H groups in total. The summed E-state index contributed by atoms with van der Waals surface area (Å²) in [6.45, 7) is 0. The van der Waals surface area contributed by atoms with E-state index in [0.29, 0.717) is 36.8 Å². The minimum absolute atomic E-state index is 0.297. The number of carbonyl (C=O) groups is 1. The van der Waals surface area contributed by atoms with Gasteiger partial charge in [0, 0.05) is 10.0 Å². The van der Waals surface area contributed by atoms with E-state index >= 15 is 0 Å². The Morgan fingerprint density at radius 2 is 1.90 bits per heavy atom. The molecule has 1 amide bonds. The zero-order valence-corrected chi connectivity index (χ0v) is 14.1. The van der Waals surface area contributed by atoms with Crippen LogP contribution in [-0.2, 0) is 0 Å². The lowest BCUT2D eigenvalue weighted by molar-refractivity contribution is 0.102. The summed E-state index contributed by atoms with van der Waals surface area (Å²) in [5, 5.41) is 3.72. The van der Waals surface area contributed by atoms with Gasteiger partial charge in [-0.05, 0) is 46.3 Å². The van der Waals surface area contributed by atoms with Gasteiger partial charge in [-0.1, -0.05) is 23.2 Å². The van der Waals surface area contributed by atoms with E-state index in [1.807, 2.05) is 0 Å². The number of halogens is 3. The second kappa shape index (κ2) is 5.88. The lowest BCUT2D eigenvalue weighted by Crippen LogP contribution is -2.12. The van der Waals surface area contributed by atoms with Crippen molar-refractivity contribution >= 4 is 73.5 Å². The quantitative estimate of drug-likeness (QED) is 0.655. The lowest BCUT2D eigenvalue weighted by atomic mass is 10.2. The first-order valence-electron chi connectivity index (χ1n) is 5.73.